The first kappa shape index (κ1) is 19.1. The zero-order valence-electron chi connectivity index (χ0n) is 16.0. The molecule has 5 heteroatoms. The Bertz CT molecular complexity index is 1100. The third-order valence-corrected chi connectivity index (χ3v) is 4.50. The molecular formula is C23H20FN3O. The van der Waals surface area contributed by atoms with Crippen molar-refractivity contribution in [3.05, 3.63) is 88.5 Å². The summed E-state index contributed by atoms with van der Waals surface area (Å²) >= 11 is 0. The third kappa shape index (κ3) is 4.02. The van der Waals surface area contributed by atoms with Gasteiger partial charge in [0.1, 0.15) is 17.5 Å². The molecule has 0 aliphatic heterocycles. The number of anilines is 1. The van der Waals surface area contributed by atoms with Crippen LogP contribution >= 0.6 is 0 Å². The van der Waals surface area contributed by atoms with Gasteiger partial charge in [-0.1, -0.05) is 12.1 Å². The number of benzene rings is 2. The van der Waals surface area contributed by atoms with Crippen LogP contribution < -0.4 is 5.32 Å². The Morgan fingerprint density at radius 3 is 2.46 bits per heavy atom. The van der Waals surface area contributed by atoms with Gasteiger partial charge in [-0.05, 0) is 80.4 Å². The van der Waals surface area contributed by atoms with Crippen LogP contribution in [-0.4, -0.2) is 10.5 Å². The number of hydrogen-bond donors (Lipinski definition) is 1. The maximum atomic E-state index is 13.0. The van der Waals surface area contributed by atoms with Crippen LogP contribution in [0.5, 0.6) is 0 Å². The van der Waals surface area contributed by atoms with Crippen molar-refractivity contribution in [1.29, 1.82) is 5.26 Å². The highest BCUT2D eigenvalue weighted by atomic mass is 19.1. The van der Waals surface area contributed by atoms with E-state index in [4.69, 9.17) is 0 Å². The molecule has 0 saturated carbocycles. The van der Waals surface area contributed by atoms with E-state index < -0.39 is 11.7 Å². The van der Waals surface area contributed by atoms with Crippen molar-refractivity contribution in [3.63, 3.8) is 0 Å². The molecule has 0 radical (unpaired) electrons. The SMILES string of the molecule is Cc1cccc(-n2c(C)cc(C=C(C#N)C(=O)Nc3ccc(F)cc3)c2C)c1. The van der Waals surface area contributed by atoms with E-state index in [-0.39, 0.29) is 5.57 Å². The van der Waals surface area contributed by atoms with Gasteiger partial charge in [0.2, 0.25) is 0 Å². The molecule has 1 aromatic heterocycles. The molecule has 2 aromatic carbocycles. The summed E-state index contributed by atoms with van der Waals surface area (Å²) in [6, 6.07) is 17.4. The van der Waals surface area contributed by atoms with Crippen molar-refractivity contribution in [3.8, 4) is 11.8 Å². The fraction of sp³-hybridized carbons (Fsp3) is 0.130. The van der Waals surface area contributed by atoms with Crippen LogP contribution in [0.3, 0.4) is 0 Å². The van der Waals surface area contributed by atoms with Gasteiger partial charge < -0.3 is 9.88 Å². The van der Waals surface area contributed by atoms with E-state index in [2.05, 4.69) is 16.0 Å². The minimum atomic E-state index is -0.533. The second-order valence-electron chi connectivity index (χ2n) is 6.63. The monoisotopic (exact) mass is 373 g/mol. The summed E-state index contributed by atoms with van der Waals surface area (Å²) in [5.74, 6) is -0.924. The maximum absolute atomic E-state index is 13.0. The summed E-state index contributed by atoms with van der Waals surface area (Å²) in [5.41, 5.74) is 5.33. The Kier molecular flexibility index (Phi) is 5.42. The second-order valence-corrected chi connectivity index (χ2v) is 6.63. The molecule has 0 unspecified atom stereocenters. The number of hydrogen-bond acceptors (Lipinski definition) is 2. The number of carbonyl (C=O) groups is 1. The van der Waals surface area contributed by atoms with Crippen LogP contribution in [0.15, 0.2) is 60.2 Å². The standard InChI is InChI=1S/C23H20FN3O/c1-15-5-4-6-22(11-15)27-16(2)12-18(17(27)3)13-19(14-25)23(28)26-21-9-7-20(24)8-10-21/h4-13H,1-3H3,(H,26,28). The summed E-state index contributed by atoms with van der Waals surface area (Å²) in [5, 5.41) is 12.1. The molecule has 0 saturated heterocycles. The minimum absolute atomic E-state index is 0.0196. The summed E-state index contributed by atoms with van der Waals surface area (Å²) in [6.45, 7) is 5.97. The Morgan fingerprint density at radius 1 is 1.11 bits per heavy atom. The number of halogens is 1. The highest BCUT2D eigenvalue weighted by Gasteiger charge is 2.14. The molecule has 0 spiro atoms. The molecule has 0 aliphatic carbocycles. The topological polar surface area (TPSA) is 57.8 Å². The number of nitrogens with zero attached hydrogens (tertiary/aromatic N) is 2. The van der Waals surface area contributed by atoms with Gasteiger partial charge in [0.15, 0.2) is 0 Å². The number of carbonyl (C=O) groups excluding carboxylic acids is 1. The van der Waals surface area contributed by atoms with Crippen molar-refractivity contribution in [2.24, 2.45) is 0 Å². The Balaban J connectivity index is 1.93. The van der Waals surface area contributed by atoms with Gasteiger partial charge in [-0.15, -0.1) is 0 Å². The number of nitriles is 1. The van der Waals surface area contributed by atoms with E-state index in [1.807, 2.05) is 51.1 Å². The highest BCUT2D eigenvalue weighted by molar-refractivity contribution is 6.09. The van der Waals surface area contributed by atoms with Crippen LogP contribution in [0.2, 0.25) is 0 Å². The van der Waals surface area contributed by atoms with Gasteiger partial charge in [-0.3, -0.25) is 4.79 Å². The molecule has 140 valence electrons. The lowest BCUT2D eigenvalue weighted by Gasteiger charge is -2.10. The van der Waals surface area contributed by atoms with Crippen LogP contribution in [0.1, 0.15) is 22.5 Å². The predicted octanol–water partition coefficient (Wildman–Crippen LogP) is 5.09. The van der Waals surface area contributed by atoms with Gasteiger partial charge in [0, 0.05) is 22.8 Å². The quantitative estimate of drug-likeness (QED) is 0.512. The first-order chi connectivity index (χ1) is 13.4. The molecule has 1 N–H and O–H groups in total. The molecule has 1 heterocycles. The molecule has 3 aromatic rings. The molecular weight excluding hydrogens is 353 g/mol. The average molecular weight is 373 g/mol. The lowest BCUT2D eigenvalue weighted by atomic mass is 10.1. The van der Waals surface area contributed by atoms with Gasteiger partial charge in [0.25, 0.3) is 5.91 Å². The number of aryl methyl sites for hydroxylation is 2. The van der Waals surface area contributed by atoms with Crippen LogP contribution in [-0.2, 0) is 4.79 Å². The maximum Gasteiger partial charge on any atom is 0.266 e. The van der Waals surface area contributed by atoms with Crippen molar-refractivity contribution in [2.45, 2.75) is 20.8 Å². The van der Waals surface area contributed by atoms with E-state index >= 15 is 0 Å². The molecule has 4 nitrogen and oxygen atoms in total. The van der Waals surface area contributed by atoms with Crippen LogP contribution in [0, 0.1) is 37.9 Å². The first-order valence-electron chi connectivity index (χ1n) is 8.83. The number of aromatic nitrogens is 1. The highest BCUT2D eigenvalue weighted by Crippen LogP contribution is 2.23. The number of nitrogens with one attached hydrogen (secondary N) is 1. The molecule has 3 rings (SSSR count). The molecule has 1 amide bonds. The van der Waals surface area contributed by atoms with Crippen molar-refractivity contribution >= 4 is 17.7 Å². The summed E-state index contributed by atoms with van der Waals surface area (Å²) < 4.78 is 15.1. The van der Waals surface area contributed by atoms with Crippen molar-refractivity contribution in [2.75, 3.05) is 5.32 Å². The number of rotatable bonds is 4. The zero-order valence-corrected chi connectivity index (χ0v) is 16.0. The second kappa shape index (κ2) is 7.93. The summed E-state index contributed by atoms with van der Waals surface area (Å²) in [7, 11) is 0. The molecule has 0 aliphatic rings. The minimum Gasteiger partial charge on any atom is -0.321 e. The fourth-order valence-electron chi connectivity index (χ4n) is 3.13. The smallest absolute Gasteiger partial charge is 0.266 e. The average Bonchev–Trinajstić information content (AvgIpc) is 2.94. The zero-order chi connectivity index (χ0) is 20.3. The Hall–Kier alpha value is -3.65. The molecule has 28 heavy (non-hydrogen) atoms. The van der Waals surface area contributed by atoms with E-state index in [9.17, 15) is 14.4 Å². The first-order valence-corrected chi connectivity index (χ1v) is 8.83. The lowest BCUT2D eigenvalue weighted by molar-refractivity contribution is -0.112. The van der Waals surface area contributed by atoms with Gasteiger partial charge in [0.05, 0.1) is 0 Å². The van der Waals surface area contributed by atoms with E-state index in [1.54, 1.807) is 6.08 Å². The van der Waals surface area contributed by atoms with Gasteiger partial charge in [-0.2, -0.15) is 5.26 Å². The Morgan fingerprint density at radius 2 is 1.82 bits per heavy atom. The molecule has 0 bridgehead atoms. The van der Waals surface area contributed by atoms with Gasteiger partial charge in [-0.25, -0.2) is 4.39 Å². The predicted molar refractivity (Wildman–Crippen MR) is 109 cm³/mol. The third-order valence-electron chi connectivity index (χ3n) is 4.50. The van der Waals surface area contributed by atoms with Crippen molar-refractivity contribution < 1.29 is 9.18 Å². The van der Waals surface area contributed by atoms with E-state index in [0.717, 1.165) is 28.2 Å². The Labute approximate surface area is 163 Å². The summed E-state index contributed by atoms with van der Waals surface area (Å²) in [6.07, 6.45) is 1.58. The van der Waals surface area contributed by atoms with E-state index in [0.29, 0.717) is 5.69 Å². The number of amides is 1. The fourth-order valence-corrected chi connectivity index (χ4v) is 3.13. The lowest BCUT2D eigenvalue weighted by Crippen LogP contribution is -2.13. The summed E-state index contributed by atoms with van der Waals surface area (Å²) in [4.78, 5) is 12.4. The normalized spacial score (nSPS) is 11.2. The van der Waals surface area contributed by atoms with Crippen LogP contribution in [0.4, 0.5) is 10.1 Å². The van der Waals surface area contributed by atoms with Crippen molar-refractivity contribution in [1.82, 2.24) is 4.57 Å². The molecule has 0 atom stereocenters. The van der Waals surface area contributed by atoms with Crippen LogP contribution in [0.25, 0.3) is 11.8 Å². The van der Waals surface area contributed by atoms with E-state index in [1.165, 1.54) is 24.3 Å². The molecule has 0 fully saturated rings. The largest absolute Gasteiger partial charge is 0.321 e. The van der Waals surface area contributed by atoms with Gasteiger partial charge >= 0.3 is 0 Å².